The van der Waals surface area contributed by atoms with Crippen LogP contribution in [0.25, 0.3) is 0 Å². The molecule has 1 unspecified atom stereocenters. The van der Waals surface area contributed by atoms with E-state index in [1.807, 2.05) is 0 Å². The van der Waals surface area contributed by atoms with Gasteiger partial charge in [-0.1, -0.05) is 12.1 Å². The molecular formula is C12H11ClF3NO3S. The van der Waals surface area contributed by atoms with Crippen LogP contribution in [0, 0.1) is 6.92 Å². The number of rotatable bonds is 2. The molecule has 21 heavy (non-hydrogen) atoms. The predicted octanol–water partition coefficient (Wildman–Crippen LogP) is 2.69. The van der Waals surface area contributed by atoms with E-state index in [1.54, 1.807) is 0 Å². The Balaban J connectivity index is 2.51. The maximum Gasteiger partial charge on any atom is 0.418 e. The van der Waals surface area contributed by atoms with Crippen LogP contribution < -0.4 is 4.90 Å². The molecule has 1 aromatic rings. The summed E-state index contributed by atoms with van der Waals surface area (Å²) in [6, 6.07) is 3.52. The Morgan fingerprint density at radius 2 is 1.95 bits per heavy atom. The average Bonchev–Trinajstić information content (AvgIpc) is 2.69. The minimum atomic E-state index is -4.64. The van der Waals surface area contributed by atoms with Crippen LogP contribution in [0.5, 0.6) is 0 Å². The molecule has 1 fully saturated rings. The molecule has 1 heterocycles. The highest BCUT2D eigenvalue weighted by molar-refractivity contribution is 8.14. The van der Waals surface area contributed by atoms with Crippen molar-refractivity contribution in [3.05, 3.63) is 29.3 Å². The van der Waals surface area contributed by atoms with Crippen molar-refractivity contribution in [2.24, 2.45) is 0 Å². The van der Waals surface area contributed by atoms with E-state index in [0.717, 1.165) is 11.0 Å². The molecule has 1 saturated heterocycles. The summed E-state index contributed by atoms with van der Waals surface area (Å²) in [5.41, 5.74) is -1.04. The summed E-state index contributed by atoms with van der Waals surface area (Å²) in [7, 11) is 1.19. The molecule has 0 aromatic heterocycles. The van der Waals surface area contributed by atoms with Crippen LogP contribution in [0.1, 0.15) is 17.5 Å². The number of anilines is 1. The van der Waals surface area contributed by atoms with Gasteiger partial charge < -0.3 is 4.90 Å². The van der Waals surface area contributed by atoms with Crippen molar-refractivity contribution in [3.63, 3.8) is 0 Å². The number of nitrogens with zero attached hydrogens (tertiary/aromatic N) is 1. The number of hydrogen-bond acceptors (Lipinski definition) is 3. The van der Waals surface area contributed by atoms with Gasteiger partial charge in [0.25, 0.3) is 0 Å². The van der Waals surface area contributed by atoms with E-state index in [1.165, 1.54) is 19.1 Å². The molecule has 116 valence electrons. The lowest BCUT2D eigenvalue weighted by atomic mass is 10.1. The van der Waals surface area contributed by atoms with Gasteiger partial charge in [0.15, 0.2) is 0 Å². The summed E-state index contributed by atoms with van der Waals surface area (Å²) in [6.07, 6.45) is -5.06. The molecule has 1 aliphatic heterocycles. The van der Waals surface area contributed by atoms with Crippen LogP contribution >= 0.6 is 10.7 Å². The molecule has 0 radical (unpaired) electrons. The van der Waals surface area contributed by atoms with Crippen LogP contribution in [0.2, 0.25) is 0 Å². The first-order valence-corrected chi connectivity index (χ1v) is 8.29. The lowest BCUT2D eigenvalue weighted by Gasteiger charge is -2.23. The second-order valence-corrected chi connectivity index (χ2v) is 7.68. The van der Waals surface area contributed by atoms with Gasteiger partial charge >= 0.3 is 6.18 Å². The Morgan fingerprint density at radius 3 is 2.43 bits per heavy atom. The van der Waals surface area contributed by atoms with Crippen molar-refractivity contribution in [2.45, 2.75) is 24.8 Å². The Kier molecular flexibility index (Phi) is 3.96. The number of hydrogen-bond donors (Lipinski definition) is 0. The number of para-hydroxylation sites is 1. The molecule has 9 heteroatoms. The summed E-state index contributed by atoms with van der Waals surface area (Å²) in [4.78, 5) is 12.7. The van der Waals surface area contributed by atoms with Gasteiger partial charge in [0.05, 0.1) is 11.3 Å². The summed E-state index contributed by atoms with van der Waals surface area (Å²) in [5, 5.41) is -1.20. The number of carbonyl (C=O) groups is 1. The molecule has 0 spiro atoms. The molecule has 1 atom stereocenters. The third kappa shape index (κ3) is 3.16. The topological polar surface area (TPSA) is 54.5 Å². The second-order valence-electron chi connectivity index (χ2n) is 4.77. The molecule has 1 aromatic carbocycles. The van der Waals surface area contributed by atoms with Crippen LogP contribution in [0.15, 0.2) is 18.2 Å². The normalized spacial score (nSPS) is 20.1. The zero-order valence-corrected chi connectivity index (χ0v) is 12.4. The fraction of sp³-hybridized carbons (Fsp3) is 0.417. The molecule has 1 aliphatic rings. The zero-order valence-electron chi connectivity index (χ0n) is 10.8. The zero-order chi connectivity index (χ0) is 16.0. The van der Waals surface area contributed by atoms with Gasteiger partial charge in [0.2, 0.25) is 15.0 Å². The highest BCUT2D eigenvalue weighted by Gasteiger charge is 2.42. The van der Waals surface area contributed by atoms with E-state index in [9.17, 15) is 26.4 Å². The third-order valence-electron chi connectivity index (χ3n) is 3.30. The molecule has 0 bridgehead atoms. The van der Waals surface area contributed by atoms with Crippen molar-refractivity contribution in [1.82, 2.24) is 0 Å². The first-order chi connectivity index (χ1) is 9.51. The molecular weight excluding hydrogens is 331 g/mol. The fourth-order valence-corrected chi connectivity index (χ4v) is 3.35. The summed E-state index contributed by atoms with van der Waals surface area (Å²) in [5.74, 6) is -0.691. The monoisotopic (exact) mass is 341 g/mol. The van der Waals surface area contributed by atoms with Gasteiger partial charge in [0.1, 0.15) is 5.25 Å². The van der Waals surface area contributed by atoms with Crippen LogP contribution in [-0.4, -0.2) is 26.1 Å². The number of halogens is 4. The smallest absolute Gasteiger partial charge is 0.310 e. The van der Waals surface area contributed by atoms with E-state index >= 15 is 0 Å². The van der Waals surface area contributed by atoms with Gasteiger partial charge in [-0.2, -0.15) is 13.2 Å². The molecule has 2 rings (SSSR count). The van der Waals surface area contributed by atoms with E-state index in [0.29, 0.717) is 0 Å². The second kappa shape index (κ2) is 5.17. The lowest BCUT2D eigenvalue weighted by molar-refractivity contribution is -0.137. The van der Waals surface area contributed by atoms with E-state index < -0.39 is 38.4 Å². The van der Waals surface area contributed by atoms with Crippen LogP contribution in [0.4, 0.5) is 18.9 Å². The average molecular weight is 342 g/mol. The van der Waals surface area contributed by atoms with E-state index in [-0.39, 0.29) is 17.8 Å². The Labute approximate surface area is 123 Å². The standard InChI is InChI=1S/C12H11ClF3NO3S/c1-7-3-2-4-9(12(14,15)16)11(7)17-6-8(5-10(17)18)21(13,19)20/h2-4,8H,5-6H2,1H3. The minimum absolute atomic E-state index is 0.241. The quantitative estimate of drug-likeness (QED) is 0.777. The molecule has 0 saturated carbocycles. The highest BCUT2D eigenvalue weighted by Crippen LogP contribution is 2.40. The van der Waals surface area contributed by atoms with Gasteiger partial charge in [-0.05, 0) is 18.6 Å². The van der Waals surface area contributed by atoms with Gasteiger partial charge in [-0.15, -0.1) is 0 Å². The van der Waals surface area contributed by atoms with Crippen molar-refractivity contribution in [1.29, 1.82) is 0 Å². The largest absolute Gasteiger partial charge is 0.418 e. The van der Waals surface area contributed by atoms with Crippen molar-refractivity contribution in [2.75, 3.05) is 11.4 Å². The Bertz CT molecular complexity index is 687. The number of carbonyl (C=O) groups excluding carboxylic acids is 1. The van der Waals surface area contributed by atoms with E-state index in [4.69, 9.17) is 10.7 Å². The summed E-state index contributed by atoms with van der Waals surface area (Å²) >= 11 is 0. The van der Waals surface area contributed by atoms with Gasteiger partial charge in [-0.25, -0.2) is 8.42 Å². The summed E-state index contributed by atoms with van der Waals surface area (Å²) in [6.45, 7) is 1.05. The van der Waals surface area contributed by atoms with Crippen molar-refractivity contribution >= 4 is 31.3 Å². The maximum absolute atomic E-state index is 13.1. The predicted molar refractivity (Wildman–Crippen MR) is 71.7 cm³/mol. The number of aryl methyl sites for hydroxylation is 1. The SMILES string of the molecule is Cc1cccc(C(F)(F)F)c1N1CC(S(=O)(=O)Cl)CC1=O. The highest BCUT2D eigenvalue weighted by atomic mass is 35.7. The van der Waals surface area contributed by atoms with Gasteiger partial charge in [-0.3, -0.25) is 4.79 Å². The molecule has 0 N–H and O–H groups in total. The Hall–Kier alpha value is -1.28. The van der Waals surface area contributed by atoms with Gasteiger partial charge in [0, 0.05) is 23.6 Å². The lowest BCUT2D eigenvalue weighted by Crippen LogP contribution is -2.29. The van der Waals surface area contributed by atoms with Crippen molar-refractivity contribution < 1.29 is 26.4 Å². The number of amides is 1. The molecule has 0 aliphatic carbocycles. The summed E-state index contributed by atoms with van der Waals surface area (Å²) < 4.78 is 61.7. The van der Waals surface area contributed by atoms with Crippen molar-refractivity contribution in [3.8, 4) is 0 Å². The minimum Gasteiger partial charge on any atom is -0.310 e. The fourth-order valence-electron chi connectivity index (χ4n) is 2.33. The van der Waals surface area contributed by atoms with Crippen LogP contribution in [0.3, 0.4) is 0 Å². The van der Waals surface area contributed by atoms with E-state index in [2.05, 4.69) is 0 Å². The first-order valence-electron chi connectivity index (χ1n) is 5.92. The Morgan fingerprint density at radius 1 is 1.33 bits per heavy atom. The molecule has 1 amide bonds. The number of alkyl halides is 3. The maximum atomic E-state index is 13.1. The number of benzene rings is 1. The third-order valence-corrected chi connectivity index (χ3v) is 5.17. The first kappa shape index (κ1) is 16.1. The molecule has 4 nitrogen and oxygen atoms in total. The van der Waals surface area contributed by atoms with Crippen LogP contribution in [-0.2, 0) is 20.0 Å².